The van der Waals surface area contributed by atoms with Crippen LogP contribution < -0.4 is 0 Å². The predicted octanol–water partition coefficient (Wildman–Crippen LogP) is 2.06. The minimum absolute atomic E-state index is 0.226. The molecule has 0 aromatic rings. The van der Waals surface area contributed by atoms with Crippen molar-refractivity contribution < 1.29 is 9.90 Å². The highest BCUT2D eigenvalue weighted by atomic mass is 32.2. The first-order valence-corrected chi connectivity index (χ1v) is 5.25. The van der Waals surface area contributed by atoms with Gasteiger partial charge in [0.2, 0.25) is 0 Å². The maximum absolute atomic E-state index is 11.3. The summed E-state index contributed by atoms with van der Waals surface area (Å²) < 4.78 is 0. The van der Waals surface area contributed by atoms with Crippen LogP contribution in [0.2, 0.25) is 0 Å². The van der Waals surface area contributed by atoms with Crippen LogP contribution >= 0.6 is 11.8 Å². The van der Waals surface area contributed by atoms with E-state index in [1.54, 1.807) is 0 Å². The molecule has 0 heterocycles. The first-order chi connectivity index (χ1) is 5.48. The number of rotatable bonds is 4. The van der Waals surface area contributed by atoms with Crippen molar-refractivity contribution in [1.29, 1.82) is 0 Å². The van der Waals surface area contributed by atoms with Gasteiger partial charge in [-0.3, -0.25) is 4.79 Å². The number of unbranched alkanes of at least 4 members (excludes halogenated alkanes) is 1. The van der Waals surface area contributed by atoms with Crippen LogP contribution in [0, 0.1) is 5.41 Å². The molecule has 0 atom stereocenters. The van der Waals surface area contributed by atoms with Gasteiger partial charge in [0.1, 0.15) is 0 Å². The topological polar surface area (TPSA) is 37.3 Å². The molecule has 3 heteroatoms. The van der Waals surface area contributed by atoms with Crippen LogP contribution in [0.3, 0.4) is 0 Å². The molecule has 1 N–H and O–H groups in total. The lowest BCUT2D eigenvalue weighted by molar-refractivity contribution is -0.117. The molecular formula is C9H18O2S. The van der Waals surface area contributed by atoms with Gasteiger partial charge in [0.05, 0.1) is 0 Å². The van der Waals surface area contributed by atoms with Crippen molar-refractivity contribution in [3.8, 4) is 0 Å². The molecule has 0 aliphatic carbocycles. The van der Waals surface area contributed by atoms with Gasteiger partial charge < -0.3 is 5.11 Å². The average molecular weight is 190 g/mol. The van der Waals surface area contributed by atoms with E-state index in [9.17, 15) is 4.79 Å². The van der Waals surface area contributed by atoms with Gasteiger partial charge in [-0.05, 0) is 12.8 Å². The maximum atomic E-state index is 11.3. The third kappa shape index (κ3) is 5.61. The quantitative estimate of drug-likeness (QED) is 0.689. The van der Waals surface area contributed by atoms with Crippen LogP contribution in [0.5, 0.6) is 0 Å². The summed E-state index contributed by atoms with van der Waals surface area (Å²) in [5.74, 6) is 0.830. The van der Waals surface area contributed by atoms with E-state index in [-0.39, 0.29) is 17.1 Å². The van der Waals surface area contributed by atoms with Crippen molar-refractivity contribution in [3.05, 3.63) is 0 Å². The Morgan fingerprint density at radius 1 is 1.33 bits per heavy atom. The van der Waals surface area contributed by atoms with Gasteiger partial charge >= 0.3 is 0 Å². The summed E-state index contributed by atoms with van der Waals surface area (Å²) in [4.78, 5) is 11.3. The molecule has 0 spiro atoms. The second-order valence-corrected chi connectivity index (χ2v) is 4.88. The van der Waals surface area contributed by atoms with Crippen LogP contribution in [0.1, 0.15) is 33.6 Å². The minimum atomic E-state index is -0.232. The smallest absolute Gasteiger partial charge is 0.194 e. The van der Waals surface area contributed by atoms with Gasteiger partial charge in [0.25, 0.3) is 0 Å². The predicted molar refractivity (Wildman–Crippen MR) is 53.2 cm³/mol. The number of hydrogen-bond donors (Lipinski definition) is 1. The molecule has 2 nitrogen and oxygen atoms in total. The van der Waals surface area contributed by atoms with E-state index in [1.165, 1.54) is 11.8 Å². The number of thioether (sulfide) groups is 1. The van der Waals surface area contributed by atoms with E-state index in [2.05, 4.69) is 0 Å². The van der Waals surface area contributed by atoms with Crippen molar-refractivity contribution >= 4 is 16.9 Å². The molecule has 0 aliphatic heterocycles. The van der Waals surface area contributed by atoms with Crippen molar-refractivity contribution in [1.82, 2.24) is 0 Å². The fourth-order valence-electron chi connectivity index (χ4n) is 0.595. The molecular weight excluding hydrogens is 172 g/mol. The van der Waals surface area contributed by atoms with Gasteiger partial charge in [0.15, 0.2) is 5.12 Å². The number of aliphatic hydroxyl groups excluding tert-OH is 1. The largest absolute Gasteiger partial charge is 0.396 e. The third-order valence-corrected chi connectivity index (χ3v) is 2.77. The van der Waals surface area contributed by atoms with Crippen LogP contribution in [-0.2, 0) is 4.79 Å². The summed E-state index contributed by atoms with van der Waals surface area (Å²) >= 11 is 1.37. The Labute approximate surface area is 78.7 Å². The van der Waals surface area contributed by atoms with Crippen molar-refractivity contribution in [3.63, 3.8) is 0 Å². The van der Waals surface area contributed by atoms with E-state index in [1.807, 2.05) is 20.8 Å². The summed E-state index contributed by atoms with van der Waals surface area (Å²) in [6.45, 7) is 6.00. The minimum Gasteiger partial charge on any atom is -0.396 e. The van der Waals surface area contributed by atoms with Gasteiger partial charge in [0, 0.05) is 17.8 Å². The molecule has 0 fully saturated rings. The maximum Gasteiger partial charge on any atom is 0.194 e. The molecule has 72 valence electrons. The Morgan fingerprint density at radius 2 is 1.92 bits per heavy atom. The third-order valence-electron chi connectivity index (χ3n) is 1.40. The van der Waals surface area contributed by atoms with Crippen LogP contribution in [-0.4, -0.2) is 22.6 Å². The Balaban J connectivity index is 3.45. The van der Waals surface area contributed by atoms with Crippen molar-refractivity contribution in [2.75, 3.05) is 12.4 Å². The number of aliphatic hydroxyl groups is 1. The fourth-order valence-corrected chi connectivity index (χ4v) is 1.56. The van der Waals surface area contributed by atoms with Gasteiger partial charge in [-0.1, -0.05) is 32.5 Å². The summed E-state index contributed by atoms with van der Waals surface area (Å²) in [5.41, 5.74) is -0.232. The normalized spacial score (nSPS) is 11.7. The number of carbonyl (C=O) groups excluding carboxylic acids is 1. The molecule has 0 rings (SSSR count). The highest BCUT2D eigenvalue weighted by molar-refractivity contribution is 8.13. The van der Waals surface area contributed by atoms with Crippen molar-refractivity contribution in [2.24, 2.45) is 5.41 Å². The molecule has 0 bridgehead atoms. The summed E-state index contributed by atoms with van der Waals surface area (Å²) in [6.07, 6.45) is 1.72. The fraction of sp³-hybridized carbons (Fsp3) is 0.889. The molecule has 0 saturated heterocycles. The molecule has 0 aromatic heterocycles. The molecule has 12 heavy (non-hydrogen) atoms. The summed E-state index contributed by atoms with van der Waals surface area (Å²) in [6, 6.07) is 0. The van der Waals surface area contributed by atoms with Gasteiger partial charge in [-0.25, -0.2) is 0 Å². The molecule has 0 saturated carbocycles. The molecule has 0 radical (unpaired) electrons. The van der Waals surface area contributed by atoms with E-state index in [0.29, 0.717) is 0 Å². The Hall–Kier alpha value is -0.0200. The highest BCUT2D eigenvalue weighted by Gasteiger charge is 2.20. The summed E-state index contributed by atoms with van der Waals surface area (Å²) in [5, 5.41) is 8.73. The van der Waals surface area contributed by atoms with Crippen molar-refractivity contribution in [2.45, 2.75) is 33.6 Å². The molecule has 0 aromatic carbocycles. The van der Waals surface area contributed by atoms with E-state index >= 15 is 0 Å². The molecule has 0 aliphatic rings. The number of carbonyl (C=O) groups is 1. The highest BCUT2D eigenvalue weighted by Crippen LogP contribution is 2.23. The van der Waals surface area contributed by atoms with Crippen LogP contribution in [0.25, 0.3) is 0 Å². The molecule has 0 amide bonds. The Morgan fingerprint density at radius 3 is 2.33 bits per heavy atom. The van der Waals surface area contributed by atoms with Crippen LogP contribution in [0.4, 0.5) is 0 Å². The standard InChI is InChI=1S/C9H18O2S/c1-9(2,3)8(11)12-7-5-4-6-10/h10H,4-7H2,1-3H3. The lowest BCUT2D eigenvalue weighted by Gasteiger charge is -2.15. The zero-order valence-corrected chi connectivity index (χ0v) is 8.91. The second-order valence-electron chi connectivity index (χ2n) is 3.82. The lowest BCUT2D eigenvalue weighted by Crippen LogP contribution is -2.16. The van der Waals surface area contributed by atoms with Gasteiger partial charge in [-0.2, -0.15) is 0 Å². The average Bonchev–Trinajstić information content (AvgIpc) is 1.96. The number of hydrogen-bond acceptors (Lipinski definition) is 3. The zero-order valence-electron chi connectivity index (χ0n) is 8.09. The molecule has 0 unspecified atom stereocenters. The first-order valence-electron chi connectivity index (χ1n) is 4.26. The van der Waals surface area contributed by atoms with E-state index < -0.39 is 0 Å². The van der Waals surface area contributed by atoms with Crippen LogP contribution in [0.15, 0.2) is 0 Å². The SMILES string of the molecule is CC(C)(C)C(=O)SCCCCO. The second kappa shape index (κ2) is 5.60. The zero-order chi connectivity index (χ0) is 9.61. The lowest BCUT2D eigenvalue weighted by atomic mass is 10.00. The monoisotopic (exact) mass is 190 g/mol. The first kappa shape index (κ1) is 12.0. The summed E-state index contributed by atoms with van der Waals surface area (Å²) in [7, 11) is 0. The Bertz CT molecular complexity index is 138. The van der Waals surface area contributed by atoms with Gasteiger partial charge in [-0.15, -0.1) is 0 Å². The van der Waals surface area contributed by atoms with E-state index in [4.69, 9.17) is 5.11 Å². The van der Waals surface area contributed by atoms with E-state index in [0.717, 1.165) is 18.6 Å². The Kier molecular flexibility index (Phi) is 5.59.